The van der Waals surface area contributed by atoms with E-state index < -0.39 is 0 Å². The minimum Gasteiger partial charge on any atom is -0.326 e. The van der Waals surface area contributed by atoms with Crippen LogP contribution in [0.2, 0.25) is 0 Å². The van der Waals surface area contributed by atoms with Gasteiger partial charge in [-0.15, -0.1) is 0 Å². The molecule has 0 aromatic rings. The molecule has 2 N–H and O–H groups in total. The minimum absolute atomic E-state index is 0.0283. The summed E-state index contributed by atoms with van der Waals surface area (Å²) in [5, 5.41) is 0. The van der Waals surface area contributed by atoms with Gasteiger partial charge in [-0.2, -0.15) is 0 Å². The number of hydrogen-bond acceptors (Lipinski definition) is 2. The molecule has 0 aromatic heterocycles. The van der Waals surface area contributed by atoms with Gasteiger partial charge in [0.1, 0.15) is 0 Å². The van der Waals surface area contributed by atoms with Crippen LogP contribution < -0.4 is 5.73 Å². The second-order valence-corrected chi connectivity index (χ2v) is 5.65. The predicted octanol–water partition coefficient (Wildman–Crippen LogP) is 2.24. The largest absolute Gasteiger partial charge is 0.326 e. The third kappa shape index (κ3) is 4.97. The maximum Gasteiger partial charge on any atom is 0.00970 e. The molecule has 0 bridgehead atoms. The lowest BCUT2D eigenvalue weighted by molar-refractivity contribution is 0.197. The smallest absolute Gasteiger partial charge is 0.00970 e. The maximum absolute atomic E-state index is 5.97. The average molecular weight is 198 g/mol. The molecule has 1 aliphatic rings. The summed E-state index contributed by atoms with van der Waals surface area (Å²) in [5.41, 5.74) is 6.00. The Morgan fingerprint density at radius 1 is 1.43 bits per heavy atom. The molecule has 0 spiro atoms. The van der Waals surface area contributed by atoms with Gasteiger partial charge in [0, 0.05) is 12.1 Å². The van der Waals surface area contributed by atoms with Gasteiger partial charge in [0.05, 0.1) is 0 Å². The quantitative estimate of drug-likeness (QED) is 0.750. The van der Waals surface area contributed by atoms with Gasteiger partial charge < -0.3 is 10.6 Å². The van der Waals surface area contributed by atoms with Crippen LogP contribution in [0, 0.1) is 5.92 Å². The first-order chi connectivity index (χ1) is 6.47. The van der Waals surface area contributed by atoms with E-state index in [0.29, 0.717) is 0 Å². The molecule has 14 heavy (non-hydrogen) atoms. The highest BCUT2D eigenvalue weighted by Crippen LogP contribution is 2.22. The number of nitrogens with two attached hydrogens (primary N) is 1. The van der Waals surface area contributed by atoms with Gasteiger partial charge in [0.15, 0.2) is 0 Å². The number of nitrogens with zero attached hydrogens (tertiary/aromatic N) is 1. The highest BCUT2D eigenvalue weighted by molar-refractivity contribution is 4.75. The van der Waals surface area contributed by atoms with Gasteiger partial charge in [-0.05, 0) is 59.0 Å². The molecule has 0 saturated carbocycles. The molecule has 2 nitrogen and oxygen atoms in total. The normalized spacial score (nSPS) is 25.3. The van der Waals surface area contributed by atoms with Gasteiger partial charge >= 0.3 is 0 Å². The number of rotatable bonds is 4. The summed E-state index contributed by atoms with van der Waals surface area (Å²) in [7, 11) is 2.24. The van der Waals surface area contributed by atoms with Gasteiger partial charge in [-0.25, -0.2) is 0 Å². The van der Waals surface area contributed by atoms with E-state index in [-0.39, 0.29) is 5.54 Å². The van der Waals surface area contributed by atoms with Crippen LogP contribution in [0.25, 0.3) is 0 Å². The first-order valence-electron chi connectivity index (χ1n) is 5.95. The second-order valence-electron chi connectivity index (χ2n) is 5.65. The first-order valence-corrected chi connectivity index (χ1v) is 5.95. The summed E-state index contributed by atoms with van der Waals surface area (Å²) in [6, 6.07) is 0. The SMILES string of the molecule is CN1CCCC(CCCC(C)(C)N)C1. The molecule has 1 unspecified atom stereocenters. The van der Waals surface area contributed by atoms with E-state index >= 15 is 0 Å². The Morgan fingerprint density at radius 2 is 2.14 bits per heavy atom. The highest BCUT2D eigenvalue weighted by atomic mass is 15.1. The van der Waals surface area contributed by atoms with Gasteiger partial charge in [0.2, 0.25) is 0 Å². The zero-order valence-corrected chi connectivity index (χ0v) is 10.1. The summed E-state index contributed by atoms with van der Waals surface area (Å²) in [6.45, 7) is 6.84. The lowest BCUT2D eigenvalue weighted by Crippen LogP contribution is -2.34. The monoisotopic (exact) mass is 198 g/mol. The van der Waals surface area contributed by atoms with Crippen LogP contribution >= 0.6 is 0 Å². The summed E-state index contributed by atoms with van der Waals surface area (Å²) in [4.78, 5) is 2.46. The third-order valence-corrected chi connectivity index (χ3v) is 3.16. The minimum atomic E-state index is 0.0283. The third-order valence-electron chi connectivity index (χ3n) is 3.16. The first kappa shape index (κ1) is 12.0. The summed E-state index contributed by atoms with van der Waals surface area (Å²) in [6.07, 6.45) is 6.63. The molecule has 84 valence electrons. The molecule has 1 aliphatic heterocycles. The average Bonchev–Trinajstić information content (AvgIpc) is 2.01. The van der Waals surface area contributed by atoms with Crippen molar-refractivity contribution in [3.8, 4) is 0 Å². The van der Waals surface area contributed by atoms with Crippen LogP contribution in [-0.2, 0) is 0 Å². The summed E-state index contributed by atoms with van der Waals surface area (Å²) < 4.78 is 0. The summed E-state index contributed by atoms with van der Waals surface area (Å²) >= 11 is 0. The fourth-order valence-corrected chi connectivity index (χ4v) is 2.36. The molecule has 0 amide bonds. The van der Waals surface area contributed by atoms with Crippen molar-refractivity contribution in [1.29, 1.82) is 0 Å². The highest BCUT2D eigenvalue weighted by Gasteiger charge is 2.18. The van der Waals surface area contributed by atoms with Crippen LogP contribution in [0.3, 0.4) is 0 Å². The van der Waals surface area contributed by atoms with Crippen LogP contribution in [0.15, 0.2) is 0 Å². The van der Waals surface area contributed by atoms with Crippen molar-refractivity contribution in [3.63, 3.8) is 0 Å². The molecule has 1 fully saturated rings. The van der Waals surface area contributed by atoms with E-state index in [4.69, 9.17) is 5.73 Å². The van der Waals surface area contributed by atoms with Gasteiger partial charge in [0.25, 0.3) is 0 Å². The molecular weight excluding hydrogens is 172 g/mol. The van der Waals surface area contributed by atoms with Crippen molar-refractivity contribution in [1.82, 2.24) is 4.90 Å². The Hall–Kier alpha value is -0.0800. The van der Waals surface area contributed by atoms with E-state index in [1.54, 1.807) is 0 Å². The van der Waals surface area contributed by atoms with E-state index in [2.05, 4.69) is 25.8 Å². The Morgan fingerprint density at radius 3 is 2.71 bits per heavy atom. The topological polar surface area (TPSA) is 29.3 Å². The molecule has 1 atom stereocenters. The van der Waals surface area contributed by atoms with Gasteiger partial charge in [-0.3, -0.25) is 0 Å². The second kappa shape index (κ2) is 5.13. The molecule has 1 saturated heterocycles. The Balaban J connectivity index is 2.12. The van der Waals surface area contributed by atoms with E-state index in [1.807, 2.05) is 0 Å². The van der Waals surface area contributed by atoms with E-state index in [9.17, 15) is 0 Å². The molecule has 0 radical (unpaired) electrons. The lowest BCUT2D eigenvalue weighted by atomic mass is 9.90. The Bertz CT molecular complexity index is 160. The number of likely N-dealkylation sites (tertiary alicyclic amines) is 1. The molecule has 1 heterocycles. The van der Waals surface area contributed by atoms with Crippen molar-refractivity contribution in [2.45, 2.75) is 51.5 Å². The predicted molar refractivity (Wildman–Crippen MR) is 62.3 cm³/mol. The Kier molecular flexibility index (Phi) is 4.39. The van der Waals surface area contributed by atoms with Crippen LogP contribution in [-0.4, -0.2) is 30.6 Å². The van der Waals surface area contributed by atoms with Crippen LogP contribution in [0.4, 0.5) is 0 Å². The van der Waals surface area contributed by atoms with Crippen LogP contribution in [0.5, 0.6) is 0 Å². The van der Waals surface area contributed by atoms with Crippen molar-refractivity contribution in [2.24, 2.45) is 11.7 Å². The lowest BCUT2D eigenvalue weighted by Gasteiger charge is -2.30. The zero-order chi connectivity index (χ0) is 10.6. The number of piperidine rings is 1. The molecular formula is C12H26N2. The Labute approximate surface area is 88.8 Å². The maximum atomic E-state index is 5.97. The molecule has 2 heteroatoms. The van der Waals surface area contributed by atoms with Crippen molar-refractivity contribution in [3.05, 3.63) is 0 Å². The van der Waals surface area contributed by atoms with Gasteiger partial charge in [-0.1, -0.05) is 6.42 Å². The van der Waals surface area contributed by atoms with Crippen LogP contribution in [0.1, 0.15) is 46.0 Å². The molecule has 0 aromatic carbocycles. The van der Waals surface area contributed by atoms with Crippen molar-refractivity contribution < 1.29 is 0 Å². The molecule has 1 rings (SSSR count). The van der Waals surface area contributed by atoms with Crippen molar-refractivity contribution >= 4 is 0 Å². The summed E-state index contributed by atoms with van der Waals surface area (Å²) in [5.74, 6) is 0.927. The zero-order valence-electron chi connectivity index (χ0n) is 10.1. The van der Waals surface area contributed by atoms with E-state index in [0.717, 1.165) is 12.3 Å². The van der Waals surface area contributed by atoms with Crippen molar-refractivity contribution in [2.75, 3.05) is 20.1 Å². The molecule has 0 aliphatic carbocycles. The fourth-order valence-electron chi connectivity index (χ4n) is 2.36. The number of hydrogen-bond donors (Lipinski definition) is 1. The standard InChI is InChI=1S/C12H26N2/c1-12(2,13)8-4-6-11-7-5-9-14(3)10-11/h11H,4-10,13H2,1-3H3. The fraction of sp³-hybridized carbons (Fsp3) is 1.00. The van der Waals surface area contributed by atoms with E-state index in [1.165, 1.54) is 38.8 Å².